The molecule has 0 saturated carbocycles. The third-order valence-corrected chi connectivity index (χ3v) is 6.80. The second kappa shape index (κ2) is 8.93. The molecule has 1 aliphatic heterocycles. The lowest BCUT2D eigenvalue weighted by atomic mass is 10.2. The predicted molar refractivity (Wildman–Crippen MR) is 134 cm³/mol. The van der Waals surface area contributed by atoms with Crippen LogP contribution in [0.3, 0.4) is 0 Å². The van der Waals surface area contributed by atoms with Crippen LogP contribution in [-0.4, -0.2) is 49.4 Å². The maximum Gasteiger partial charge on any atom is 0.251 e. The Morgan fingerprint density at radius 2 is 1.91 bits per heavy atom. The van der Waals surface area contributed by atoms with Crippen molar-refractivity contribution in [1.82, 2.24) is 29.6 Å². The first-order valence-electron chi connectivity index (χ1n) is 12.0. The number of aryl methyl sites for hydroxylation is 1. The molecule has 8 heteroatoms. The van der Waals surface area contributed by atoms with E-state index in [4.69, 9.17) is 9.97 Å². The number of fused-ring (bicyclic) bond motifs is 1. The van der Waals surface area contributed by atoms with Gasteiger partial charge in [0.25, 0.3) is 5.91 Å². The minimum atomic E-state index is -0.125. The molecule has 1 aliphatic rings. The number of aromatic nitrogens is 5. The molecule has 1 fully saturated rings. The molecule has 1 N–H and O–H groups in total. The average molecular weight is 458 g/mol. The summed E-state index contributed by atoms with van der Waals surface area (Å²) in [6.45, 7) is 8.01. The second-order valence-corrected chi connectivity index (χ2v) is 9.05. The molecule has 4 heterocycles. The van der Waals surface area contributed by atoms with Crippen molar-refractivity contribution in [3.8, 4) is 11.4 Å². The number of hydrogen-bond acceptors (Lipinski definition) is 5. The van der Waals surface area contributed by atoms with Gasteiger partial charge < -0.3 is 14.8 Å². The van der Waals surface area contributed by atoms with Crippen LogP contribution in [0.5, 0.6) is 0 Å². The van der Waals surface area contributed by atoms with Crippen molar-refractivity contribution in [2.75, 3.05) is 11.9 Å². The monoisotopic (exact) mass is 457 g/mol. The zero-order valence-electron chi connectivity index (χ0n) is 20.2. The number of imidazole rings is 1. The fraction of sp³-hybridized carbons (Fsp3) is 0.385. The van der Waals surface area contributed by atoms with Gasteiger partial charge in [-0.2, -0.15) is 5.10 Å². The van der Waals surface area contributed by atoms with Crippen LogP contribution >= 0.6 is 0 Å². The number of pyridine rings is 1. The first-order chi connectivity index (χ1) is 16.5. The maximum atomic E-state index is 12.2. The van der Waals surface area contributed by atoms with E-state index >= 15 is 0 Å². The summed E-state index contributed by atoms with van der Waals surface area (Å²) in [6, 6.07) is 12.9. The second-order valence-electron chi connectivity index (χ2n) is 9.05. The van der Waals surface area contributed by atoms with Crippen molar-refractivity contribution in [3.05, 3.63) is 60.0 Å². The third-order valence-electron chi connectivity index (χ3n) is 6.80. The van der Waals surface area contributed by atoms with E-state index in [1.807, 2.05) is 41.3 Å². The first kappa shape index (κ1) is 22.1. The molecule has 1 aromatic carbocycles. The number of carbonyl (C=O) groups is 1. The number of nitrogens with zero attached hydrogens (tertiary/aromatic N) is 6. The highest BCUT2D eigenvalue weighted by molar-refractivity contribution is 5.97. The van der Waals surface area contributed by atoms with Gasteiger partial charge >= 0.3 is 0 Å². The highest BCUT2D eigenvalue weighted by Crippen LogP contribution is 2.31. The van der Waals surface area contributed by atoms with E-state index in [0.29, 0.717) is 24.2 Å². The third kappa shape index (κ3) is 3.93. The van der Waals surface area contributed by atoms with Crippen molar-refractivity contribution in [2.24, 2.45) is 0 Å². The first-order valence-corrected chi connectivity index (χ1v) is 12.0. The van der Waals surface area contributed by atoms with Crippen molar-refractivity contribution >= 4 is 22.8 Å². The number of anilines is 1. The lowest BCUT2D eigenvalue weighted by Gasteiger charge is -2.27. The van der Waals surface area contributed by atoms with E-state index in [1.165, 1.54) is 12.8 Å². The minimum absolute atomic E-state index is 0.125. The molecule has 3 aromatic heterocycles. The van der Waals surface area contributed by atoms with Gasteiger partial charge in [-0.05, 0) is 70.0 Å². The van der Waals surface area contributed by atoms with Gasteiger partial charge in [0.15, 0.2) is 0 Å². The van der Waals surface area contributed by atoms with Gasteiger partial charge in [0.2, 0.25) is 0 Å². The Kier molecular flexibility index (Phi) is 5.81. The Balaban J connectivity index is 1.57. The predicted octanol–water partition coefficient (Wildman–Crippen LogP) is 4.10. The fourth-order valence-corrected chi connectivity index (χ4v) is 4.94. The minimum Gasteiger partial charge on any atom is -0.355 e. The number of hydrogen-bond donors (Lipinski definition) is 1. The summed E-state index contributed by atoms with van der Waals surface area (Å²) in [5.41, 5.74) is 4.22. The number of amides is 1. The number of rotatable bonds is 6. The molecule has 1 saturated heterocycles. The van der Waals surface area contributed by atoms with Crippen LogP contribution in [0.2, 0.25) is 0 Å². The molecule has 8 nitrogen and oxygen atoms in total. The number of nitrogens with one attached hydrogen (secondary N) is 1. The van der Waals surface area contributed by atoms with Gasteiger partial charge in [0.05, 0.1) is 23.3 Å². The van der Waals surface area contributed by atoms with Gasteiger partial charge in [-0.1, -0.05) is 0 Å². The Bertz CT molecular complexity index is 1310. The summed E-state index contributed by atoms with van der Waals surface area (Å²) >= 11 is 0. The normalized spacial score (nSPS) is 18.1. The van der Waals surface area contributed by atoms with Crippen LogP contribution in [0.1, 0.15) is 49.7 Å². The van der Waals surface area contributed by atoms with E-state index in [-0.39, 0.29) is 5.91 Å². The standard InChI is InChI=1S/C26H31N7O/c1-5-31-13-12-21(30-31)16-32-23-10-8-19(26(34)27-4)14-22(23)29-25(32)20-9-11-24(28-15-20)33-17(2)6-7-18(33)3/h8-15,17-18H,5-7,16H2,1-4H3,(H,27,34)/t17-,18+. The van der Waals surface area contributed by atoms with E-state index < -0.39 is 0 Å². The molecule has 1 amide bonds. The average Bonchev–Trinajstić information content (AvgIpc) is 3.56. The van der Waals surface area contributed by atoms with Crippen LogP contribution < -0.4 is 10.2 Å². The van der Waals surface area contributed by atoms with E-state index in [0.717, 1.165) is 40.5 Å². The smallest absolute Gasteiger partial charge is 0.251 e. The van der Waals surface area contributed by atoms with Crippen molar-refractivity contribution in [3.63, 3.8) is 0 Å². The van der Waals surface area contributed by atoms with Crippen LogP contribution in [0.4, 0.5) is 5.82 Å². The van der Waals surface area contributed by atoms with Gasteiger partial charge in [-0.15, -0.1) is 0 Å². The summed E-state index contributed by atoms with van der Waals surface area (Å²) < 4.78 is 4.08. The SMILES string of the molecule is CCn1ccc(Cn2c(-c3ccc(N4[C@H](C)CC[C@@H]4C)nc3)nc3cc(C(=O)NC)ccc32)n1. The van der Waals surface area contributed by atoms with E-state index in [2.05, 4.69) is 52.8 Å². The van der Waals surface area contributed by atoms with Crippen molar-refractivity contribution < 1.29 is 4.79 Å². The summed E-state index contributed by atoms with van der Waals surface area (Å²) in [5, 5.41) is 7.36. The van der Waals surface area contributed by atoms with Crippen LogP contribution in [0.15, 0.2) is 48.8 Å². The summed E-state index contributed by atoms with van der Waals surface area (Å²) in [7, 11) is 1.63. The topological polar surface area (TPSA) is 80.9 Å². The zero-order valence-corrected chi connectivity index (χ0v) is 20.2. The van der Waals surface area contributed by atoms with E-state index in [1.54, 1.807) is 7.05 Å². The molecule has 0 spiro atoms. The fourth-order valence-electron chi connectivity index (χ4n) is 4.94. The Hall–Kier alpha value is -3.68. The molecule has 2 atom stereocenters. The molecule has 0 aliphatic carbocycles. The molecule has 176 valence electrons. The lowest BCUT2D eigenvalue weighted by molar-refractivity contribution is 0.0963. The zero-order chi connectivity index (χ0) is 23.8. The highest BCUT2D eigenvalue weighted by atomic mass is 16.1. The largest absolute Gasteiger partial charge is 0.355 e. The van der Waals surface area contributed by atoms with Crippen molar-refractivity contribution in [1.29, 1.82) is 0 Å². The molecule has 4 aromatic rings. The summed E-state index contributed by atoms with van der Waals surface area (Å²) in [4.78, 5) is 24.3. The van der Waals surface area contributed by atoms with Crippen LogP contribution in [-0.2, 0) is 13.1 Å². The van der Waals surface area contributed by atoms with E-state index in [9.17, 15) is 4.79 Å². The Morgan fingerprint density at radius 3 is 2.56 bits per heavy atom. The summed E-state index contributed by atoms with van der Waals surface area (Å²) in [6.07, 6.45) is 6.29. The van der Waals surface area contributed by atoms with Crippen LogP contribution in [0.25, 0.3) is 22.4 Å². The van der Waals surface area contributed by atoms with Crippen molar-refractivity contribution in [2.45, 2.75) is 58.8 Å². The molecule has 0 radical (unpaired) electrons. The molecule has 5 rings (SSSR count). The number of carbonyl (C=O) groups excluding carboxylic acids is 1. The number of benzene rings is 1. The highest BCUT2D eigenvalue weighted by Gasteiger charge is 2.28. The van der Waals surface area contributed by atoms with Gasteiger partial charge in [-0.25, -0.2) is 9.97 Å². The Labute approximate surface area is 199 Å². The molecule has 34 heavy (non-hydrogen) atoms. The van der Waals surface area contributed by atoms with Crippen LogP contribution in [0, 0.1) is 0 Å². The van der Waals surface area contributed by atoms with Gasteiger partial charge in [0, 0.05) is 49.2 Å². The quantitative estimate of drug-likeness (QED) is 0.471. The molecule has 0 bridgehead atoms. The van der Waals surface area contributed by atoms with Gasteiger partial charge in [0.1, 0.15) is 11.6 Å². The summed E-state index contributed by atoms with van der Waals surface area (Å²) in [5.74, 6) is 1.70. The lowest BCUT2D eigenvalue weighted by Crippen LogP contribution is -2.33. The molecule has 0 unspecified atom stereocenters. The molecular formula is C26H31N7O. The maximum absolute atomic E-state index is 12.2. The molecular weight excluding hydrogens is 426 g/mol. The Morgan fingerprint density at radius 1 is 1.12 bits per heavy atom. The van der Waals surface area contributed by atoms with Gasteiger partial charge in [-0.3, -0.25) is 9.48 Å².